The first-order valence-electron chi connectivity index (χ1n) is 15.9. The van der Waals surface area contributed by atoms with Gasteiger partial charge in [-0.15, -0.1) is 0 Å². The number of hydrogen-bond acceptors (Lipinski definition) is 6. The van der Waals surface area contributed by atoms with Crippen LogP contribution in [0.25, 0.3) is 0 Å². The summed E-state index contributed by atoms with van der Waals surface area (Å²) in [4.78, 5) is 0. The molecular formula is C34H54N2O2S2. The maximum atomic E-state index is 5.89. The topological polar surface area (TPSA) is 43.2 Å². The molecule has 0 bridgehead atoms. The zero-order valence-electron chi connectivity index (χ0n) is 24.8. The van der Waals surface area contributed by atoms with Crippen LogP contribution in [-0.4, -0.2) is 24.7 Å². The summed E-state index contributed by atoms with van der Waals surface area (Å²) >= 11 is 8.53. The fourth-order valence-corrected chi connectivity index (χ4v) is 5.06. The van der Waals surface area contributed by atoms with E-state index in [1.807, 2.05) is 48.5 Å². The number of thiol groups is 2. The van der Waals surface area contributed by atoms with Crippen molar-refractivity contribution >= 4 is 36.6 Å². The molecule has 0 aliphatic carbocycles. The molecule has 6 heteroatoms. The fraction of sp³-hybridized carbons (Fsp3) is 0.647. The molecule has 0 aromatic heterocycles. The lowest BCUT2D eigenvalue weighted by atomic mass is 10.1. The summed E-state index contributed by atoms with van der Waals surface area (Å²) in [5.74, 6) is 3.83. The molecule has 0 aliphatic heterocycles. The number of azo groups is 1. The Labute approximate surface area is 256 Å². The molecule has 0 amide bonds. The monoisotopic (exact) mass is 586 g/mol. The summed E-state index contributed by atoms with van der Waals surface area (Å²) in [5.41, 5.74) is 1.64. The van der Waals surface area contributed by atoms with Crippen molar-refractivity contribution in [1.82, 2.24) is 0 Å². The minimum atomic E-state index is 0.772. The molecule has 0 saturated heterocycles. The smallest absolute Gasteiger partial charge is 0.119 e. The first kappa shape index (κ1) is 34.5. The van der Waals surface area contributed by atoms with Crippen LogP contribution in [0.2, 0.25) is 0 Å². The molecule has 0 spiro atoms. The fourth-order valence-electron chi connectivity index (χ4n) is 4.62. The molecule has 0 aliphatic rings. The van der Waals surface area contributed by atoms with Gasteiger partial charge in [0.1, 0.15) is 11.5 Å². The van der Waals surface area contributed by atoms with Gasteiger partial charge in [0, 0.05) is 0 Å². The Morgan fingerprint density at radius 1 is 0.375 bits per heavy atom. The summed E-state index contributed by atoms with van der Waals surface area (Å²) in [7, 11) is 0. The van der Waals surface area contributed by atoms with Gasteiger partial charge in [0.25, 0.3) is 0 Å². The number of benzene rings is 2. The van der Waals surface area contributed by atoms with Crippen molar-refractivity contribution in [3.8, 4) is 11.5 Å². The number of rotatable bonds is 26. The van der Waals surface area contributed by atoms with E-state index >= 15 is 0 Å². The summed E-state index contributed by atoms with van der Waals surface area (Å²) in [5, 5.41) is 8.72. The van der Waals surface area contributed by atoms with E-state index in [4.69, 9.17) is 9.47 Å². The van der Waals surface area contributed by atoms with Crippen molar-refractivity contribution in [2.45, 2.75) is 116 Å². The molecule has 40 heavy (non-hydrogen) atoms. The molecule has 0 atom stereocenters. The minimum Gasteiger partial charge on any atom is -0.494 e. The van der Waals surface area contributed by atoms with Gasteiger partial charge in [-0.05, 0) is 85.7 Å². The van der Waals surface area contributed by atoms with Gasteiger partial charge in [-0.25, -0.2) is 0 Å². The highest BCUT2D eigenvalue weighted by atomic mass is 32.1. The molecule has 0 heterocycles. The average molecular weight is 587 g/mol. The standard InChI is InChI=1S/C34H54N2O2S2/c39-29-17-13-9-5-1-3-7-11-15-27-37-33-23-19-31(20-24-33)35-36-32-21-25-34(26-22-32)38-28-16-12-8-4-2-6-10-14-18-30-40/h19-26,39-40H,1-18,27-30H2. The lowest BCUT2D eigenvalue weighted by molar-refractivity contribution is 0.304. The molecule has 0 unspecified atom stereocenters. The van der Waals surface area contributed by atoms with E-state index in [-0.39, 0.29) is 0 Å². The summed E-state index contributed by atoms with van der Waals surface area (Å²) < 4.78 is 11.8. The second-order valence-electron chi connectivity index (χ2n) is 10.7. The van der Waals surface area contributed by atoms with Gasteiger partial charge < -0.3 is 9.47 Å². The zero-order valence-corrected chi connectivity index (χ0v) is 26.6. The first-order chi connectivity index (χ1) is 19.8. The van der Waals surface area contributed by atoms with E-state index < -0.39 is 0 Å². The number of hydrogen-bond donors (Lipinski definition) is 2. The summed E-state index contributed by atoms with van der Waals surface area (Å²) in [6, 6.07) is 15.7. The number of nitrogens with zero attached hydrogens (tertiary/aromatic N) is 2. The van der Waals surface area contributed by atoms with E-state index in [1.54, 1.807) is 0 Å². The third-order valence-electron chi connectivity index (χ3n) is 7.10. The normalized spacial score (nSPS) is 11.3. The summed E-state index contributed by atoms with van der Waals surface area (Å²) in [6.45, 7) is 1.54. The Kier molecular flexibility index (Phi) is 21.7. The van der Waals surface area contributed by atoms with Crippen molar-refractivity contribution in [2.75, 3.05) is 24.7 Å². The molecule has 4 nitrogen and oxygen atoms in total. The van der Waals surface area contributed by atoms with E-state index in [0.717, 1.165) is 60.4 Å². The van der Waals surface area contributed by atoms with Crippen molar-refractivity contribution in [3.63, 3.8) is 0 Å². The molecule has 2 aromatic rings. The SMILES string of the molecule is SCCCCCCCCCCCOc1ccc(N=Nc2ccc(OCCCCCCCCCCCS)cc2)cc1. The molecule has 0 fully saturated rings. The molecule has 0 N–H and O–H groups in total. The maximum absolute atomic E-state index is 5.89. The molecule has 0 radical (unpaired) electrons. The van der Waals surface area contributed by atoms with Gasteiger partial charge in [-0.2, -0.15) is 35.5 Å². The highest BCUT2D eigenvalue weighted by molar-refractivity contribution is 7.80. The Morgan fingerprint density at radius 2 is 0.650 bits per heavy atom. The van der Waals surface area contributed by atoms with E-state index in [1.165, 1.54) is 103 Å². The molecule has 2 aromatic carbocycles. The van der Waals surface area contributed by atoms with Gasteiger partial charge in [0.05, 0.1) is 24.6 Å². The van der Waals surface area contributed by atoms with Crippen LogP contribution in [0.3, 0.4) is 0 Å². The first-order valence-corrected chi connectivity index (χ1v) is 17.2. The maximum Gasteiger partial charge on any atom is 0.119 e. The van der Waals surface area contributed by atoms with Gasteiger partial charge in [-0.3, -0.25) is 0 Å². The van der Waals surface area contributed by atoms with E-state index in [2.05, 4.69) is 35.5 Å². The molecule has 0 saturated carbocycles. The highest BCUT2D eigenvalue weighted by Gasteiger charge is 1.99. The predicted molar refractivity (Wildman–Crippen MR) is 179 cm³/mol. The van der Waals surface area contributed by atoms with Crippen LogP contribution in [-0.2, 0) is 0 Å². The highest BCUT2D eigenvalue weighted by Crippen LogP contribution is 2.23. The second kappa shape index (κ2) is 25.1. The van der Waals surface area contributed by atoms with E-state index in [9.17, 15) is 0 Å². The third kappa shape index (κ3) is 18.6. The van der Waals surface area contributed by atoms with Gasteiger partial charge >= 0.3 is 0 Å². The van der Waals surface area contributed by atoms with Crippen LogP contribution in [0.5, 0.6) is 11.5 Å². The van der Waals surface area contributed by atoms with Crippen LogP contribution < -0.4 is 9.47 Å². The Balaban J connectivity index is 1.50. The molecule has 224 valence electrons. The lowest BCUT2D eigenvalue weighted by Gasteiger charge is -2.07. The van der Waals surface area contributed by atoms with Crippen molar-refractivity contribution < 1.29 is 9.47 Å². The third-order valence-corrected chi connectivity index (χ3v) is 7.73. The Hall–Kier alpha value is -1.66. The number of ether oxygens (including phenoxy) is 2. The zero-order chi connectivity index (χ0) is 28.4. The molecular weight excluding hydrogens is 533 g/mol. The van der Waals surface area contributed by atoms with Gasteiger partial charge in [0.2, 0.25) is 0 Å². The van der Waals surface area contributed by atoms with Gasteiger partial charge in [-0.1, -0.05) is 89.9 Å². The minimum absolute atomic E-state index is 0.772. The second-order valence-corrected chi connectivity index (χ2v) is 11.6. The Morgan fingerprint density at radius 3 is 0.950 bits per heavy atom. The largest absolute Gasteiger partial charge is 0.494 e. The van der Waals surface area contributed by atoms with Crippen LogP contribution in [0, 0.1) is 0 Å². The molecule has 2 rings (SSSR count). The van der Waals surface area contributed by atoms with Crippen LogP contribution >= 0.6 is 25.3 Å². The van der Waals surface area contributed by atoms with Crippen molar-refractivity contribution in [2.24, 2.45) is 10.2 Å². The van der Waals surface area contributed by atoms with Crippen LogP contribution in [0.1, 0.15) is 116 Å². The quantitative estimate of drug-likeness (QED) is 0.0654. The Bertz CT molecular complexity index is 788. The lowest BCUT2D eigenvalue weighted by Crippen LogP contribution is -1.97. The van der Waals surface area contributed by atoms with Crippen LogP contribution in [0.15, 0.2) is 58.8 Å². The van der Waals surface area contributed by atoms with Crippen LogP contribution in [0.4, 0.5) is 11.4 Å². The predicted octanol–water partition coefficient (Wildman–Crippen LogP) is 11.7. The average Bonchev–Trinajstić information content (AvgIpc) is 2.99. The van der Waals surface area contributed by atoms with E-state index in [0.29, 0.717) is 0 Å². The number of unbranched alkanes of at least 4 members (excludes halogenated alkanes) is 16. The van der Waals surface area contributed by atoms with Crippen molar-refractivity contribution in [3.05, 3.63) is 48.5 Å². The summed E-state index contributed by atoms with van der Waals surface area (Å²) in [6.07, 6.45) is 23.3. The van der Waals surface area contributed by atoms with Gasteiger partial charge in [0.15, 0.2) is 0 Å². The van der Waals surface area contributed by atoms with Crippen molar-refractivity contribution in [1.29, 1.82) is 0 Å².